The zero-order valence-corrected chi connectivity index (χ0v) is 11.9. The van der Waals surface area contributed by atoms with Gasteiger partial charge >= 0.3 is 0 Å². The minimum atomic E-state index is -0.810. The van der Waals surface area contributed by atoms with E-state index in [4.69, 9.17) is 0 Å². The standard InChI is InChI=1S/C13H15BrFNO2/c1-8(2)13(18)6-16(7-13)12(17)10-5-9(15)3-4-11(10)14/h3-5,8,18H,6-7H2,1-2H3. The highest BCUT2D eigenvalue weighted by Crippen LogP contribution is 2.31. The van der Waals surface area contributed by atoms with Gasteiger partial charge < -0.3 is 10.0 Å². The molecule has 0 aliphatic carbocycles. The molecule has 18 heavy (non-hydrogen) atoms. The monoisotopic (exact) mass is 315 g/mol. The third-order valence-corrected chi connectivity index (χ3v) is 4.14. The summed E-state index contributed by atoms with van der Waals surface area (Å²) in [5.74, 6) is -0.606. The van der Waals surface area contributed by atoms with E-state index in [1.807, 2.05) is 13.8 Å². The van der Waals surface area contributed by atoms with Crippen molar-refractivity contribution in [2.75, 3.05) is 13.1 Å². The van der Waals surface area contributed by atoms with Gasteiger partial charge in [0.2, 0.25) is 0 Å². The molecular weight excluding hydrogens is 301 g/mol. The molecule has 2 rings (SSSR count). The Kier molecular flexibility index (Phi) is 3.47. The number of benzene rings is 1. The fourth-order valence-corrected chi connectivity index (χ4v) is 2.37. The molecule has 1 saturated heterocycles. The Morgan fingerprint density at radius 3 is 2.67 bits per heavy atom. The molecule has 1 amide bonds. The molecule has 1 aromatic rings. The fraction of sp³-hybridized carbons (Fsp3) is 0.462. The maximum absolute atomic E-state index is 13.1. The predicted molar refractivity (Wildman–Crippen MR) is 69.8 cm³/mol. The largest absolute Gasteiger partial charge is 0.386 e. The third kappa shape index (κ3) is 2.29. The predicted octanol–water partition coefficient (Wildman–Crippen LogP) is 2.43. The summed E-state index contributed by atoms with van der Waals surface area (Å²) in [4.78, 5) is 13.7. The van der Waals surface area contributed by atoms with Gasteiger partial charge in [-0.1, -0.05) is 13.8 Å². The number of β-amino-alcohol motifs (C(OH)–C–C–N with tert-alkyl or cyclic N) is 1. The summed E-state index contributed by atoms with van der Waals surface area (Å²) in [5.41, 5.74) is -0.518. The number of carbonyl (C=O) groups excluding carboxylic acids is 1. The average molecular weight is 316 g/mol. The second-order valence-corrected chi connectivity index (χ2v) is 5.90. The SMILES string of the molecule is CC(C)C1(O)CN(C(=O)c2cc(F)ccc2Br)C1. The number of carbonyl (C=O) groups is 1. The van der Waals surface area contributed by atoms with E-state index in [9.17, 15) is 14.3 Å². The van der Waals surface area contributed by atoms with Crippen LogP contribution in [0.1, 0.15) is 24.2 Å². The van der Waals surface area contributed by atoms with Gasteiger partial charge in [-0.2, -0.15) is 0 Å². The van der Waals surface area contributed by atoms with Crippen LogP contribution in [-0.4, -0.2) is 34.6 Å². The lowest BCUT2D eigenvalue weighted by molar-refractivity contribution is -0.110. The summed E-state index contributed by atoms with van der Waals surface area (Å²) in [6.07, 6.45) is 0. The van der Waals surface area contributed by atoms with E-state index in [0.29, 0.717) is 23.1 Å². The number of hydrogen-bond acceptors (Lipinski definition) is 2. The van der Waals surface area contributed by atoms with Gasteiger partial charge in [-0.3, -0.25) is 4.79 Å². The first-order chi connectivity index (χ1) is 8.33. The van der Waals surface area contributed by atoms with Crippen molar-refractivity contribution >= 4 is 21.8 Å². The molecule has 0 bridgehead atoms. The van der Waals surface area contributed by atoms with E-state index in [0.717, 1.165) is 0 Å². The van der Waals surface area contributed by atoms with Crippen LogP contribution in [0.3, 0.4) is 0 Å². The molecule has 3 nitrogen and oxygen atoms in total. The number of hydrogen-bond donors (Lipinski definition) is 1. The summed E-state index contributed by atoms with van der Waals surface area (Å²) in [6.45, 7) is 4.43. The minimum Gasteiger partial charge on any atom is -0.386 e. The van der Waals surface area contributed by atoms with E-state index in [-0.39, 0.29) is 11.8 Å². The second-order valence-electron chi connectivity index (χ2n) is 5.04. The Morgan fingerprint density at radius 2 is 2.11 bits per heavy atom. The van der Waals surface area contributed by atoms with E-state index < -0.39 is 11.4 Å². The number of aliphatic hydroxyl groups is 1. The molecule has 98 valence electrons. The zero-order chi connectivity index (χ0) is 13.5. The van der Waals surface area contributed by atoms with Crippen LogP contribution in [0.2, 0.25) is 0 Å². The summed E-state index contributed by atoms with van der Waals surface area (Å²) >= 11 is 3.23. The lowest BCUT2D eigenvalue weighted by Gasteiger charge is -2.49. The fourth-order valence-electron chi connectivity index (χ4n) is 1.96. The number of amides is 1. The van der Waals surface area contributed by atoms with Gasteiger partial charge in [0.1, 0.15) is 11.4 Å². The molecule has 0 saturated carbocycles. The number of rotatable bonds is 2. The molecule has 1 aromatic carbocycles. The van der Waals surface area contributed by atoms with E-state index in [2.05, 4.69) is 15.9 Å². The maximum atomic E-state index is 13.1. The Bertz CT molecular complexity index is 484. The summed E-state index contributed by atoms with van der Waals surface area (Å²) in [7, 11) is 0. The van der Waals surface area contributed by atoms with Gasteiger partial charge in [0, 0.05) is 4.47 Å². The maximum Gasteiger partial charge on any atom is 0.255 e. The van der Waals surface area contributed by atoms with Gasteiger partial charge in [0.15, 0.2) is 0 Å². The molecule has 5 heteroatoms. The van der Waals surface area contributed by atoms with Crippen LogP contribution in [0.25, 0.3) is 0 Å². The summed E-state index contributed by atoms with van der Waals surface area (Å²) < 4.78 is 13.7. The van der Waals surface area contributed by atoms with Crippen molar-refractivity contribution in [3.05, 3.63) is 34.1 Å². The number of halogens is 2. The van der Waals surface area contributed by atoms with Crippen LogP contribution in [0.15, 0.2) is 22.7 Å². The lowest BCUT2D eigenvalue weighted by atomic mass is 9.82. The van der Waals surface area contributed by atoms with Crippen molar-refractivity contribution in [1.29, 1.82) is 0 Å². The van der Waals surface area contributed by atoms with E-state index in [1.54, 1.807) is 0 Å². The number of likely N-dealkylation sites (tertiary alicyclic amines) is 1. The van der Waals surface area contributed by atoms with Crippen LogP contribution < -0.4 is 0 Å². The highest BCUT2D eigenvalue weighted by molar-refractivity contribution is 9.10. The minimum absolute atomic E-state index is 0.0949. The molecule has 1 aliphatic rings. The molecule has 0 aromatic heterocycles. The highest BCUT2D eigenvalue weighted by atomic mass is 79.9. The van der Waals surface area contributed by atoms with Crippen molar-refractivity contribution in [1.82, 2.24) is 4.90 Å². The highest BCUT2D eigenvalue weighted by Gasteiger charge is 2.46. The molecule has 1 heterocycles. The van der Waals surface area contributed by atoms with Crippen molar-refractivity contribution in [3.63, 3.8) is 0 Å². The van der Waals surface area contributed by atoms with Crippen molar-refractivity contribution in [2.24, 2.45) is 5.92 Å². The van der Waals surface area contributed by atoms with Crippen molar-refractivity contribution in [2.45, 2.75) is 19.4 Å². The van der Waals surface area contributed by atoms with Crippen LogP contribution in [0.5, 0.6) is 0 Å². The van der Waals surface area contributed by atoms with Gasteiger partial charge in [-0.15, -0.1) is 0 Å². The molecule has 1 aliphatic heterocycles. The lowest BCUT2D eigenvalue weighted by Crippen LogP contribution is -2.66. The Balaban J connectivity index is 2.13. The first-order valence-corrected chi connectivity index (χ1v) is 6.59. The second kappa shape index (κ2) is 4.63. The van der Waals surface area contributed by atoms with Crippen LogP contribution >= 0.6 is 15.9 Å². The third-order valence-electron chi connectivity index (χ3n) is 3.45. The normalized spacial score (nSPS) is 17.8. The van der Waals surface area contributed by atoms with Gasteiger partial charge in [-0.25, -0.2) is 4.39 Å². The molecule has 0 unspecified atom stereocenters. The van der Waals surface area contributed by atoms with Gasteiger partial charge in [0.25, 0.3) is 5.91 Å². The first-order valence-electron chi connectivity index (χ1n) is 5.80. The molecule has 1 fully saturated rings. The Labute approximate surface area is 114 Å². The van der Waals surface area contributed by atoms with Crippen molar-refractivity contribution < 1.29 is 14.3 Å². The smallest absolute Gasteiger partial charge is 0.255 e. The Morgan fingerprint density at radius 1 is 1.50 bits per heavy atom. The average Bonchev–Trinajstić information content (AvgIpc) is 2.27. The molecular formula is C13H15BrFNO2. The molecule has 0 radical (unpaired) electrons. The topological polar surface area (TPSA) is 40.5 Å². The van der Waals surface area contributed by atoms with Gasteiger partial charge in [0.05, 0.1) is 18.7 Å². The molecule has 1 N–H and O–H groups in total. The number of nitrogens with zero attached hydrogens (tertiary/aromatic N) is 1. The Hall–Kier alpha value is -0.940. The van der Waals surface area contributed by atoms with E-state index >= 15 is 0 Å². The van der Waals surface area contributed by atoms with Crippen LogP contribution in [-0.2, 0) is 0 Å². The zero-order valence-electron chi connectivity index (χ0n) is 10.3. The van der Waals surface area contributed by atoms with Crippen molar-refractivity contribution in [3.8, 4) is 0 Å². The molecule has 0 atom stereocenters. The quantitative estimate of drug-likeness (QED) is 0.910. The van der Waals surface area contributed by atoms with Gasteiger partial charge in [-0.05, 0) is 40.0 Å². The van der Waals surface area contributed by atoms with Crippen LogP contribution in [0, 0.1) is 11.7 Å². The van der Waals surface area contributed by atoms with E-state index in [1.165, 1.54) is 23.1 Å². The molecule has 0 spiro atoms. The summed E-state index contributed by atoms with van der Waals surface area (Å²) in [6, 6.07) is 4.01. The van der Waals surface area contributed by atoms with Crippen LogP contribution in [0.4, 0.5) is 4.39 Å². The summed E-state index contributed by atoms with van der Waals surface area (Å²) in [5, 5.41) is 10.1. The first kappa shape index (κ1) is 13.5.